The molecule has 1 unspecified atom stereocenters. The molecular formula is C31H45NO6. The third-order valence-electron chi connectivity index (χ3n) is 7.82. The maximum atomic E-state index is 12.9. The van der Waals surface area contributed by atoms with Crippen LogP contribution in [0.2, 0.25) is 0 Å². The number of fused-ring (bicyclic) bond motifs is 3. The monoisotopic (exact) mass is 527 g/mol. The van der Waals surface area contributed by atoms with Crippen LogP contribution in [0.15, 0.2) is 60.3 Å². The first-order chi connectivity index (χ1) is 18.3. The average Bonchev–Trinajstić information content (AvgIpc) is 3.63. The van der Waals surface area contributed by atoms with Crippen LogP contribution in [0, 0.1) is 5.92 Å². The quantitative estimate of drug-likeness (QED) is 0.418. The Balaban J connectivity index is 1.47. The summed E-state index contributed by atoms with van der Waals surface area (Å²) in [6, 6.07) is -0.326. The molecule has 0 aromatic carbocycles. The molecule has 7 nitrogen and oxygen atoms in total. The Hall–Kier alpha value is -2.03. The Bertz CT molecular complexity index is 939. The van der Waals surface area contributed by atoms with Crippen molar-refractivity contribution >= 4 is 5.91 Å². The Morgan fingerprint density at radius 3 is 2.82 bits per heavy atom. The molecule has 4 rings (SSSR count). The van der Waals surface area contributed by atoms with E-state index in [9.17, 15) is 9.90 Å². The lowest BCUT2D eigenvalue weighted by atomic mass is 9.90. The molecule has 1 fully saturated rings. The zero-order valence-corrected chi connectivity index (χ0v) is 23.1. The normalized spacial score (nSPS) is 38.9. The van der Waals surface area contributed by atoms with Gasteiger partial charge >= 0.3 is 0 Å². The number of aliphatic hydroxyl groups excluding tert-OH is 1. The molecule has 2 N–H and O–H groups in total. The van der Waals surface area contributed by atoms with Crippen molar-refractivity contribution in [2.24, 2.45) is 5.92 Å². The number of methoxy groups -OCH3 is 1. The highest BCUT2D eigenvalue weighted by Crippen LogP contribution is 2.34. The Labute approximate surface area is 227 Å². The summed E-state index contributed by atoms with van der Waals surface area (Å²) in [6.45, 7) is 9.16. The molecule has 4 aliphatic heterocycles. The van der Waals surface area contributed by atoms with Gasteiger partial charge in [0.05, 0.1) is 49.3 Å². The molecule has 210 valence electrons. The summed E-state index contributed by atoms with van der Waals surface area (Å²) in [4.78, 5) is 12.9. The van der Waals surface area contributed by atoms with Crippen molar-refractivity contribution in [1.29, 1.82) is 0 Å². The van der Waals surface area contributed by atoms with Gasteiger partial charge < -0.3 is 29.4 Å². The number of ether oxygens (including phenoxy) is 4. The van der Waals surface area contributed by atoms with Gasteiger partial charge in [0.2, 0.25) is 5.91 Å². The maximum absolute atomic E-state index is 12.9. The molecular weight excluding hydrogens is 482 g/mol. The van der Waals surface area contributed by atoms with Gasteiger partial charge in [-0.25, -0.2) is 0 Å². The lowest BCUT2D eigenvalue weighted by Gasteiger charge is -2.28. The van der Waals surface area contributed by atoms with Crippen molar-refractivity contribution in [1.82, 2.24) is 5.32 Å². The highest BCUT2D eigenvalue weighted by Gasteiger charge is 2.46. The number of carbonyl (C=O) groups is 1. The van der Waals surface area contributed by atoms with E-state index in [0.717, 1.165) is 31.3 Å². The van der Waals surface area contributed by atoms with Crippen LogP contribution in [-0.4, -0.2) is 73.5 Å². The second kappa shape index (κ2) is 13.9. The molecule has 9 atom stereocenters. The van der Waals surface area contributed by atoms with Gasteiger partial charge in [0.25, 0.3) is 0 Å². The van der Waals surface area contributed by atoms with Crippen molar-refractivity contribution in [2.45, 2.75) is 108 Å². The van der Waals surface area contributed by atoms with E-state index >= 15 is 0 Å². The lowest BCUT2D eigenvalue weighted by molar-refractivity contribution is -0.118. The van der Waals surface area contributed by atoms with Gasteiger partial charge in [0, 0.05) is 7.11 Å². The molecule has 0 spiro atoms. The van der Waals surface area contributed by atoms with E-state index in [1.807, 2.05) is 18.2 Å². The van der Waals surface area contributed by atoms with E-state index in [1.165, 1.54) is 5.57 Å². The van der Waals surface area contributed by atoms with E-state index in [2.05, 4.69) is 44.0 Å². The van der Waals surface area contributed by atoms with Gasteiger partial charge in [-0.3, -0.25) is 4.79 Å². The summed E-state index contributed by atoms with van der Waals surface area (Å²) in [5.74, 6) is 0.226. The molecule has 4 heterocycles. The number of hydrogen-bond donors (Lipinski definition) is 2. The van der Waals surface area contributed by atoms with Gasteiger partial charge in [-0.05, 0) is 63.9 Å². The number of hydrogen-bond acceptors (Lipinski definition) is 6. The molecule has 0 radical (unpaired) electrons. The lowest BCUT2D eigenvalue weighted by Crippen LogP contribution is -2.44. The fourth-order valence-electron chi connectivity index (χ4n) is 5.79. The van der Waals surface area contributed by atoms with Gasteiger partial charge in [-0.2, -0.15) is 0 Å². The molecule has 0 aliphatic carbocycles. The summed E-state index contributed by atoms with van der Waals surface area (Å²) in [7, 11) is 1.64. The van der Waals surface area contributed by atoms with Crippen LogP contribution in [0.3, 0.4) is 0 Å². The van der Waals surface area contributed by atoms with Crippen LogP contribution in [0.5, 0.6) is 0 Å². The molecule has 2 bridgehead atoms. The summed E-state index contributed by atoms with van der Waals surface area (Å²) in [5, 5.41) is 14.0. The summed E-state index contributed by atoms with van der Waals surface area (Å²) in [5.41, 5.74) is 2.34. The van der Waals surface area contributed by atoms with E-state index in [-0.39, 0.29) is 48.6 Å². The minimum Gasteiger partial charge on any atom is -0.390 e. The smallest absolute Gasteiger partial charge is 0.243 e. The van der Waals surface area contributed by atoms with E-state index < -0.39 is 6.10 Å². The molecule has 1 saturated heterocycles. The van der Waals surface area contributed by atoms with Crippen LogP contribution in [0.25, 0.3) is 0 Å². The summed E-state index contributed by atoms with van der Waals surface area (Å²) < 4.78 is 23.8. The Kier molecular flexibility index (Phi) is 10.6. The third-order valence-corrected chi connectivity index (χ3v) is 7.82. The summed E-state index contributed by atoms with van der Waals surface area (Å²) in [6.07, 6.45) is 17.7. The number of amides is 1. The zero-order chi connectivity index (χ0) is 27.1. The molecule has 38 heavy (non-hydrogen) atoms. The summed E-state index contributed by atoms with van der Waals surface area (Å²) >= 11 is 0. The topological polar surface area (TPSA) is 89.6 Å². The first-order valence-corrected chi connectivity index (χ1v) is 14.1. The first kappa shape index (κ1) is 29.0. The molecule has 0 aromatic heterocycles. The van der Waals surface area contributed by atoms with Crippen LogP contribution in [0.1, 0.15) is 58.8 Å². The second-order valence-corrected chi connectivity index (χ2v) is 11.4. The standard InChI is InChI=1S/C31H45NO6/c1-20-13-14-36-24(16-20)11-12-28(35-4)26-19-29-31(38-29)27(33)18-22(3)15-21(2)17-25-9-5-7-23(37-25)8-6-10-30(34)32-26/h5-7,10-13,21,23-29,31,33H,3,8-9,14-19H2,1-2,4H3,(H,32,34)/b10-6-,12-11+/t21-,23-,24+,25-,26-,27-,28-,29+,31?/m0/s1. The van der Waals surface area contributed by atoms with Crippen molar-refractivity contribution in [2.75, 3.05) is 13.7 Å². The molecule has 0 aromatic rings. The van der Waals surface area contributed by atoms with Crippen LogP contribution in [-0.2, 0) is 23.7 Å². The maximum Gasteiger partial charge on any atom is 0.243 e. The number of epoxide rings is 1. The van der Waals surface area contributed by atoms with Gasteiger partial charge in [-0.15, -0.1) is 0 Å². The second-order valence-electron chi connectivity index (χ2n) is 11.4. The van der Waals surface area contributed by atoms with Crippen LogP contribution < -0.4 is 5.32 Å². The predicted molar refractivity (Wildman–Crippen MR) is 148 cm³/mol. The van der Waals surface area contributed by atoms with Crippen LogP contribution in [0.4, 0.5) is 0 Å². The minimum atomic E-state index is -0.616. The SMILES string of the molecule is C=C1C[C@H](C)C[C@@H]2CC=C[C@@H](C/C=C\C(=O)N[C@H]([C@H](/C=C/[C@@H]3CC(C)=CCO3)OC)C[C@H]3OC3[C@@H](O)C1)O2. The van der Waals surface area contributed by atoms with Crippen molar-refractivity contribution in [3.63, 3.8) is 0 Å². The fraction of sp³-hybridized carbons (Fsp3) is 0.645. The minimum absolute atomic E-state index is 0.0139. The van der Waals surface area contributed by atoms with E-state index in [1.54, 1.807) is 13.2 Å². The van der Waals surface area contributed by atoms with Crippen LogP contribution >= 0.6 is 0 Å². The molecule has 4 aliphatic rings. The molecule has 0 saturated carbocycles. The van der Waals surface area contributed by atoms with Gasteiger partial charge in [-0.1, -0.05) is 61.1 Å². The predicted octanol–water partition coefficient (Wildman–Crippen LogP) is 4.33. The number of nitrogens with one attached hydrogen (secondary N) is 1. The molecule has 1 amide bonds. The van der Waals surface area contributed by atoms with Gasteiger partial charge in [0.15, 0.2) is 0 Å². The largest absolute Gasteiger partial charge is 0.390 e. The van der Waals surface area contributed by atoms with E-state index in [4.69, 9.17) is 18.9 Å². The number of aliphatic hydroxyl groups is 1. The fourth-order valence-corrected chi connectivity index (χ4v) is 5.79. The highest BCUT2D eigenvalue weighted by atomic mass is 16.6. The Morgan fingerprint density at radius 1 is 1.18 bits per heavy atom. The van der Waals surface area contributed by atoms with Gasteiger partial charge in [0.1, 0.15) is 6.10 Å². The molecule has 7 heteroatoms. The zero-order valence-electron chi connectivity index (χ0n) is 23.1. The number of carbonyl (C=O) groups excluding carboxylic acids is 1. The first-order valence-electron chi connectivity index (χ1n) is 14.1. The average molecular weight is 528 g/mol. The number of rotatable bonds is 4. The van der Waals surface area contributed by atoms with E-state index in [0.29, 0.717) is 31.8 Å². The highest BCUT2D eigenvalue weighted by molar-refractivity contribution is 5.87. The third kappa shape index (κ3) is 8.75. The van der Waals surface area contributed by atoms with Crippen molar-refractivity contribution < 1.29 is 28.8 Å². The Morgan fingerprint density at radius 2 is 2.03 bits per heavy atom. The van der Waals surface area contributed by atoms with Crippen molar-refractivity contribution in [3.05, 3.63) is 60.3 Å². The van der Waals surface area contributed by atoms with Crippen molar-refractivity contribution in [3.8, 4) is 0 Å².